The minimum Gasteiger partial charge on any atom is -0.394 e. The summed E-state index contributed by atoms with van der Waals surface area (Å²) >= 11 is 0. The number of aliphatic hydroxyl groups is 13. The number of amides is 1. The van der Waals surface area contributed by atoms with Crippen molar-refractivity contribution in [1.82, 2.24) is 5.32 Å². The molecule has 280 valence electrons. The van der Waals surface area contributed by atoms with E-state index in [0.29, 0.717) is 0 Å². The Morgan fingerprint density at radius 1 is 0.542 bits per heavy atom. The number of nitrogens with one attached hydrogen (secondary N) is 1. The van der Waals surface area contributed by atoms with E-state index in [1.165, 1.54) is 0 Å². The molecule has 4 saturated heterocycles. The molecule has 0 saturated carbocycles. The Balaban J connectivity index is 1.59. The van der Waals surface area contributed by atoms with Gasteiger partial charge in [-0.05, 0) is 0 Å². The summed E-state index contributed by atoms with van der Waals surface area (Å²) in [6.07, 6.45) is -33.7. The first-order chi connectivity index (χ1) is 22.6. The maximum absolute atomic E-state index is 11.7. The summed E-state index contributed by atoms with van der Waals surface area (Å²) in [6, 6.07) is -1.49. The van der Waals surface area contributed by atoms with E-state index in [1.54, 1.807) is 0 Å². The molecular formula is C26H45NO21. The molecule has 1 amide bonds. The fourth-order valence-corrected chi connectivity index (χ4v) is 5.84. The predicted octanol–water partition coefficient (Wildman–Crippen LogP) is -9.61. The SMILES string of the molecule is CC(=O)NC1C(O)OC(CO)C(OC2OC(COC3OC(CO)C(O)C(O)C3O)C(O)C(OC3OC(CO)C(O)C(O)C3O)C2O)C1O. The van der Waals surface area contributed by atoms with Crippen LogP contribution in [0.25, 0.3) is 0 Å². The molecule has 4 fully saturated rings. The minimum atomic E-state index is -2.06. The number of aliphatic hydroxyl groups excluding tert-OH is 13. The molecule has 0 radical (unpaired) electrons. The Kier molecular flexibility index (Phi) is 13.8. The molecule has 22 heteroatoms. The highest BCUT2D eigenvalue weighted by Gasteiger charge is 2.54. The van der Waals surface area contributed by atoms with Crippen LogP contribution in [0, 0.1) is 0 Å². The fourth-order valence-electron chi connectivity index (χ4n) is 5.84. The van der Waals surface area contributed by atoms with Crippen molar-refractivity contribution in [2.45, 2.75) is 130 Å². The van der Waals surface area contributed by atoms with Crippen LogP contribution in [0.3, 0.4) is 0 Å². The monoisotopic (exact) mass is 707 g/mol. The van der Waals surface area contributed by atoms with Gasteiger partial charge in [0.15, 0.2) is 25.2 Å². The first-order valence-electron chi connectivity index (χ1n) is 15.1. The second-order valence-corrected chi connectivity index (χ2v) is 11.9. The lowest BCUT2D eigenvalue weighted by Crippen LogP contribution is -2.68. The second kappa shape index (κ2) is 16.8. The topological polar surface area (TPSA) is 357 Å². The molecule has 0 spiro atoms. The molecule has 4 aliphatic rings. The Bertz CT molecular complexity index is 1030. The average molecular weight is 708 g/mol. The summed E-state index contributed by atoms with van der Waals surface area (Å²) in [5.74, 6) is -0.682. The Hall–Kier alpha value is -1.33. The van der Waals surface area contributed by atoms with Crippen molar-refractivity contribution in [2.24, 2.45) is 0 Å². The molecule has 20 atom stereocenters. The van der Waals surface area contributed by atoms with Gasteiger partial charge in [0.25, 0.3) is 0 Å². The zero-order chi connectivity index (χ0) is 35.6. The van der Waals surface area contributed by atoms with Crippen molar-refractivity contribution in [3.63, 3.8) is 0 Å². The minimum absolute atomic E-state index is 0.682. The number of hydrogen-bond donors (Lipinski definition) is 14. The highest BCUT2D eigenvalue weighted by atomic mass is 16.8. The largest absolute Gasteiger partial charge is 0.394 e. The third kappa shape index (κ3) is 8.24. The van der Waals surface area contributed by atoms with Gasteiger partial charge in [-0.25, -0.2) is 0 Å². The molecule has 4 aliphatic heterocycles. The van der Waals surface area contributed by atoms with E-state index >= 15 is 0 Å². The van der Waals surface area contributed by atoms with Crippen LogP contribution in [-0.4, -0.2) is 221 Å². The van der Waals surface area contributed by atoms with Gasteiger partial charge >= 0.3 is 0 Å². The summed E-state index contributed by atoms with van der Waals surface area (Å²) in [7, 11) is 0. The Morgan fingerprint density at radius 3 is 1.56 bits per heavy atom. The molecule has 20 unspecified atom stereocenters. The molecule has 0 aromatic rings. The summed E-state index contributed by atoms with van der Waals surface area (Å²) < 4.78 is 38.4. The number of carbonyl (C=O) groups is 1. The van der Waals surface area contributed by atoms with Gasteiger partial charge in [0.2, 0.25) is 5.91 Å². The summed E-state index contributed by atoms with van der Waals surface area (Å²) in [5, 5.41) is 136. The smallest absolute Gasteiger partial charge is 0.217 e. The standard InChI is InChI=1S/C26H45NO21/c1-6(31)27-11-15(35)21(9(4-30)43-23(11)41)47-26-20(40)22(48-25-19(39)17(37)13(33)8(3-29)45-25)14(34)10(46-26)5-42-24-18(38)16(36)12(32)7(2-28)44-24/h7-26,28-30,32-41H,2-5H2,1H3,(H,27,31). The van der Waals surface area contributed by atoms with Crippen LogP contribution in [0.1, 0.15) is 6.92 Å². The average Bonchev–Trinajstić information content (AvgIpc) is 3.05. The van der Waals surface area contributed by atoms with Crippen molar-refractivity contribution in [2.75, 3.05) is 26.4 Å². The van der Waals surface area contributed by atoms with Gasteiger partial charge in [-0.15, -0.1) is 0 Å². The van der Waals surface area contributed by atoms with E-state index in [4.69, 9.17) is 33.2 Å². The number of ether oxygens (including phenoxy) is 7. The molecule has 14 N–H and O–H groups in total. The van der Waals surface area contributed by atoms with Crippen molar-refractivity contribution >= 4 is 5.91 Å². The zero-order valence-electron chi connectivity index (χ0n) is 25.5. The van der Waals surface area contributed by atoms with Crippen molar-refractivity contribution < 1.29 is 104 Å². The van der Waals surface area contributed by atoms with E-state index < -0.39 is 155 Å². The number of carbonyl (C=O) groups excluding carboxylic acids is 1. The first kappa shape index (κ1) is 39.5. The van der Waals surface area contributed by atoms with Gasteiger partial charge in [0.05, 0.1) is 26.4 Å². The van der Waals surface area contributed by atoms with Crippen LogP contribution >= 0.6 is 0 Å². The van der Waals surface area contributed by atoms with Gasteiger partial charge in [-0.1, -0.05) is 0 Å². The third-order valence-electron chi connectivity index (χ3n) is 8.59. The van der Waals surface area contributed by atoms with Crippen LogP contribution in [0.4, 0.5) is 0 Å². The quantitative estimate of drug-likeness (QED) is 0.0947. The fraction of sp³-hybridized carbons (Fsp3) is 0.962. The lowest BCUT2D eigenvalue weighted by Gasteiger charge is -2.48. The van der Waals surface area contributed by atoms with Gasteiger partial charge in [0, 0.05) is 6.92 Å². The maximum atomic E-state index is 11.7. The van der Waals surface area contributed by atoms with Gasteiger partial charge in [-0.2, -0.15) is 0 Å². The molecule has 48 heavy (non-hydrogen) atoms. The summed E-state index contributed by atoms with van der Waals surface area (Å²) in [6.45, 7) is -2.15. The van der Waals surface area contributed by atoms with Gasteiger partial charge in [-0.3, -0.25) is 4.79 Å². The van der Waals surface area contributed by atoms with E-state index in [0.717, 1.165) is 6.92 Å². The normalized spacial score (nSPS) is 50.2. The van der Waals surface area contributed by atoms with Crippen LogP contribution in [0.2, 0.25) is 0 Å². The van der Waals surface area contributed by atoms with Gasteiger partial charge in [0.1, 0.15) is 97.6 Å². The molecule has 0 bridgehead atoms. The number of hydrogen-bond acceptors (Lipinski definition) is 21. The Morgan fingerprint density at radius 2 is 1.02 bits per heavy atom. The molecule has 4 rings (SSSR count). The lowest BCUT2D eigenvalue weighted by molar-refractivity contribution is -0.379. The summed E-state index contributed by atoms with van der Waals surface area (Å²) in [5.41, 5.74) is 0. The second-order valence-electron chi connectivity index (χ2n) is 11.9. The maximum Gasteiger partial charge on any atom is 0.217 e. The van der Waals surface area contributed by atoms with Gasteiger partial charge < -0.3 is 105 Å². The highest BCUT2D eigenvalue weighted by Crippen LogP contribution is 2.33. The van der Waals surface area contributed by atoms with Crippen molar-refractivity contribution in [3.05, 3.63) is 0 Å². The van der Waals surface area contributed by atoms with Crippen LogP contribution < -0.4 is 5.32 Å². The molecule has 0 aromatic heterocycles. The van der Waals surface area contributed by atoms with Crippen molar-refractivity contribution in [1.29, 1.82) is 0 Å². The Labute approximate surface area is 272 Å². The highest BCUT2D eigenvalue weighted by molar-refractivity contribution is 5.73. The van der Waals surface area contributed by atoms with E-state index in [2.05, 4.69) is 5.32 Å². The molecule has 22 nitrogen and oxygen atoms in total. The van der Waals surface area contributed by atoms with E-state index in [9.17, 15) is 71.2 Å². The predicted molar refractivity (Wildman–Crippen MR) is 145 cm³/mol. The third-order valence-corrected chi connectivity index (χ3v) is 8.59. The van der Waals surface area contributed by atoms with Crippen LogP contribution in [-0.2, 0) is 38.0 Å². The molecular weight excluding hydrogens is 662 g/mol. The van der Waals surface area contributed by atoms with Crippen molar-refractivity contribution in [3.8, 4) is 0 Å². The molecule has 0 aliphatic carbocycles. The molecule has 0 aromatic carbocycles. The zero-order valence-corrected chi connectivity index (χ0v) is 25.5. The molecule has 4 heterocycles. The summed E-state index contributed by atoms with van der Waals surface area (Å²) in [4.78, 5) is 11.7. The number of rotatable bonds is 11. The lowest BCUT2D eigenvalue weighted by atomic mass is 9.95. The first-order valence-corrected chi connectivity index (χ1v) is 15.1. The van der Waals surface area contributed by atoms with E-state index in [1.807, 2.05) is 0 Å². The van der Waals surface area contributed by atoms with E-state index in [-0.39, 0.29) is 0 Å². The van der Waals surface area contributed by atoms with Crippen LogP contribution in [0.5, 0.6) is 0 Å². The van der Waals surface area contributed by atoms with Crippen LogP contribution in [0.15, 0.2) is 0 Å².